The Hall–Kier alpha value is -7.37. The fourth-order valence-electron chi connectivity index (χ4n) is 8.74. The lowest BCUT2D eigenvalue weighted by atomic mass is 9.90. The lowest BCUT2D eigenvalue weighted by Gasteiger charge is -2.29. The predicted octanol–water partition coefficient (Wildman–Crippen LogP) is 13.7. The number of hydrogen-bond donors (Lipinski definition) is 1. The Morgan fingerprint density at radius 1 is 0.446 bits per heavy atom. The molecule has 0 spiro atoms. The van der Waals surface area contributed by atoms with Gasteiger partial charge in [-0.2, -0.15) is 0 Å². The van der Waals surface area contributed by atoms with E-state index in [0.29, 0.717) is 0 Å². The first kappa shape index (κ1) is 31.0. The Bertz CT molecular complexity index is 3480. The first-order valence-electron chi connectivity index (χ1n) is 19.0. The van der Waals surface area contributed by atoms with Crippen LogP contribution in [0.1, 0.15) is 29.7 Å². The van der Waals surface area contributed by atoms with Crippen LogP contribution in [0, 0.1) is 0 Å². The highest BCUT2D eigenvalue weighted by atomic mass is 16.3. The summed E-state index contributed by atoms with van der Waals surface area (Å²) in [6.07, 6.45) is 0. The SMILES string of the molecule is CC1=C(c2cc(-c3ccc4c(c3)oc3ccccc34)cc3oc4ccccc4c23)N=C(c2ccc3ccccc3c2)NC1c1ccc2c(c1)oc1ccccc12. The lowest BCUT2D eigenvalue weighted by molar-refractivity contribution is 0.665. The first-order chi connectivity index (χ1) is 27.6. The maximum atomic E-state index is 6.64. The number of benzene rings is 8. The highest BCUT2D eigenvalue weighted by Crippen LogP contribution is 2.44. The maximum absolute atomic E-state index is 6.64. The van der Waals surface area contributed by atoms with Crippen molar-refractivity contribution in [3.05, 3.63) is 186 Å². The molecule has 56 heavy (non-hydrogen) atoms. The number of rotatable bonds is 4. The van der Waals surface area contributed by atoms with E-state index in [0.717, 1.165) is 116 Å². The van der Waals surface area contributed by atoms with Crippen LogP contribution in [0.25, 0.3) is 93.4 Å². The summed E-state index contributed by atoms with van der Waals surface area (Å²) in [6, 6.07) is 57.0. The second-order valence-electron chi connectivity index (χ2n) is 14.8. The number of furan rings is 3. The van der Waals surface area contributed by atoms with Gasteiger partial charge in [0.1, 0.15) is 39.3 Å². The standard InChI is InChI=1S/C51H32N2O3/c1-29-49(33-21-23-39-37-13-5-8-16-43(37)55-46(39)27-33)52-51(34-19-18-30-10-2-3-11-31(30)24-34)53-50(29)41-25-35(28-47-48(41)40-14-6-9-17-44(40)56-47)32-20-22-38-36-12-4-7-15-42(36)54-45(38)26-32/h2-28,49H,1H3,(H,52,53). The predicted molar refractivity (Wildman–Crippen MR) is 229 cm³/mol. The van der Waals surface area contributed by atoms with Crippen LogP contribution in [0.4, 0.5) is 0 Å². The maximum Gasteiger partial charge on any atom is 0.136 e. The zero-order valence-electron chi connectivity index (χ0n) is 30.3. The molecule has 4 heterocycles. The molecule has 3 aromatic heterocycles. The summed E-state index contributed by atoms with van der Waals surface area (Å²) in [5.41, 5.74) is 12.3. The second-order valence-corrected chi connectivity index (χ2v) is 14.8. The third kappa shape index (κ3) is 4.71. The Morgan fingerprint density at radius 3 is 1.79 bits per heavy atom. The molecule has 0 fully saturated rings. The van der Waals surface area contributed by atoms with E-state index in [1.165, 1.54) is 5.39 Å². The fourth-order valence-corrected chi connectivity index (χ4v) is 8.74. The molecule has 11 aromatic rings. The van der Waals surface area contributed by atoms with Gasteiger partial charge in [-0.15, -0.1) is 0 Å². The smallest absolute Gasteiger partial charge is 0.136 e. The van der Waals surface area contributed by atoms with Gasteiger partial charge in [0.15, 0.2) is 0 Å². The fraction of sp³-hybridized carbons (Fsp3) is 0.0392. The molecule has 12 rings (SSSR count). The molecule has 8 aromatic carbocycles. The molecule has 1 aliphatic rings. The summed E-state index contributed by atoms with van der Waals surface area (Å²) in [6.45, 7) is 2.19. The Morgan fingerprint density at radius 2 is 1.02 bits per heavy atom. The number of amidine groups is 1. The molecule has 0 bridgehead atoms. The van der Waals surface area contributed by atoms with E-state index in [2.05, 4.69) is 140 Å². The minimum Gasteiger partial charge on any atom is -0.456 e. The van der Waals surface area contributed by atoms with E-state index < -0.39 is 0 Å². The molecular formula is C51H32N2O3. The van der Waals surface area contributed by atoms with Crippen LogP contribution < -0.4 is 5.32 Å². The molecule has 1 unspecified atom stereocenters. The Kier molecular flexibility index (Phi) is 6.55. The second kappa shape index (κ2) is 11.8. The molecule has 5 nitrogen and oxygen atoms in total. The molecular weight excluding hydrogens is 689 g/mol. The van der Waals surface area contributed by atoms with Crippen LogP contribution >= 0.6 is 0 Å². The van der Waals surface area contributed by atoms with E-state index in [1.54, 1.807) is 0 Å². The van der Waals surface area contributed by atoms with E-state index >= 15 is 0 Å². The van der Waals surface area contributed by atoms with Crippen molar-refractivity contribution in [1.29, 1.82) is 0 Å². The zero-order valence-corrected chi connectivity index (χ0v) is 30.3. The molecule has 0 saturated carbocycles. The molecule has 0 aliphatic carbocycles. The summed E-state index contributed by atoms with van der Waals surface area (Å²) in [4.78, 5) is 5.53. The number of nitrogens with one attached hydrogen (secondary N) is 1. The van der Waals surface area contributed by atoms with E-state index in [1.807, 2.05) is 36.4 Å². The molecule has 5 heteroatoms. The van der Waals surface area contributed by atoms with Crippen LogP contribution in [0.15, 0.2) is 188 Å². The van der Waals surface area contributed by atoms with Crippen molar-refractivity contribution in [3.8, 4) is 11.1 Å². The average Bonchev–Trinajstić information content (AvgIpc) is 3.94. The van der Waals surface area contributed by atoms with Gasteiger partial charge in [-0.25, -0.2) is 4.99 Å². The van der Waals surface area contributed by atoms with Crippen molar-refractivity contribution < 1.29 is 13.3 Å². The summed E-state index contributed by atoms with van der Waals surface area (Å²) >= 11 is 0. The topological polar surface area (TPSA) is 63.8 Å². The van der Waals surface area contributed by atoms with Crippen LogP contribution in [0.5, 0.6) is 0 Å². The number of aliphatic imine (C=N–C) groups is 1. The monoisotopic (exact) mass is 720 g/mol. The first-order valence-corrected chi connectivity index (χ1v) is 19.0. The van der Waals surface area contributed by atoms with Crippen LogP contribution in [0.3, 0.4) is 0 Å². The van der Waals surface area contributed by atoms with Crippen molar-refractivity contribution in [3.63, 3.8) is 0 Å². The van der Waals surface area contributed by atoms with Crippen molar-refractivity contribution in [2.75, 3.05) is 0 Å². The molecule has 0 radical (unpaired) electrons. The van der Waals surface area contributed by atoms with Gasteiger partial charge in [-0.3, -0.25) is 0 Å². The Balaban J connectivity index is 1.11. The molecule has 1 atom stereocenters. The highest BCUT2D eigenvalue weighted by molar-refractivity contribution is 6.15. The summed E-state index contributed by atoms with van der Waals surface area (Å²) in [7, 11) is 0. The molecule has 0 amide bonds. The molecule has 0 saturated heterocycles. The molecule has 1 aliphatic heterocycles. The molecule has 264 valence electrons. The van der Waals surface area contributed by atoms with Crippen molar-refractivity contribution in [1.82, 2.24) is 5.32 Å². The van der Waals surface area contributed by atoms with Gasteiger partial charge in [-0.05, 0) is 94.6 Å². The van der Waals surface area contributed by atoms with Gasteiger partial charge in [-0.1, -0.05) is 109 Å². The van der Waals surface area contributed by atoms with Crippen LogP contribution in [-0.2, 0) is 0 Å². The minimum absolute atomic E-state index is 0.189. The van der Waals surface area contributed by atoms with E-state index in [9.17, 15) is 0 Å². The van der Waals surface area contributed by atoms with Gasteiger partial charge in [0.2, 0.25) is 0 Å². The van der Waals surface area contributed by atoms with Gasteiger partial charge < -0.3 is 18.6 Å². The number of fused-ring (bicyclic) bond motifs is 10. The van der Waals surface area contributed by atoms with E-state index in [4.69, 9.17) is 18.2 Å². The molecule has 1 N–H and O–H groups in total. The number of nitrogens with zero attached hydrogens (tertiary/aromatic N) is 1. The summed E-state index contributed by atoms with van der Waals surface area (Å²) in [5, 5.41) is 12.7. The van der Waals surface area contributed by atoms with Crippen LogP contribution in [-0.4, -0.2) is 5.84 Å². The van der Waals surface area contributed by atoms with Crippen LogP contribution in [0.2, 0.25) is 0 Å². The number of para-hydroxylation sites is 3. The van der Waals surface area contributed by atoms with Gasteiger partial charge >= 0.3 is 0 Å². The van der Waals surface area contributed by atoms with Crippen molar-refractivity contribution in [2.45, 2.75) is 13.0 Å². The number of hydrogen-bond acceptors (Lipinski definition) is 5. The van der Waals surface area contributed by atoms with E-state index in [-0.39, 0.29) is 6.04 Å². The third-order valence-electron chi connectivity index (χ3n) is 11.5. The average molecular weight is 721 g/mol. The quantitative estimate of drug-likeness (QED) is 0.197. The van der Waals surface area contributed by atoms with Gasteiger partial charge in [0.05, 0.1) is 11.7 Å². The Labute approximate surface area is 320 Å². The van der Waals surface area contributed by atoms with Crippen molar-refractivity contribution in [2.24, 2.45) is 4.99 Å². The normalized spacial score (nSPS) is 14.9. The zero-order chi connectivity index (χ0) is 36.9. The summed E-state index contributed by atoms with van der Waals surface area (Å²) < 4.78 is 19.4. The highest BCUT2D eigenvalue weighted by Gasteiger charge is 2.28. The lowest BCUT2D eigenvalue weighted by Crippen LogP contribution is -2.33. The van der Waals surface area contributed by atoms with Gasteiger partial charge in [0, 0.05) is 43.4 Å². The van der Waals surface area contributed by atoms with Crippen molar-refractivity contribution >= 4 is 88.1 Å². The largest absolute Gasteiger partial charge is 0.456 e. The summed E-state index contributed by atoms with van der Waals surface area (Å²) in [5.74, 6) is 0.807. The van der Waals surface area contributed by atoms with Gasteiger partial charge in [0.25, 0.3) is 0 Å². The third-order valence-corrected chi connectivity index (χ3v) is 11.5. The minimum atomic E-state index is -0.189.